The second-order valence-electron chi connectivity index (χ2n) is 6.68. The number of rotatable bonds is 10. The van der Waals surface area contributed by atoms with Crippen molar-refractivity contribution in [3.63, 3.8) is 0 Å². The van der Waals surface area contributed by atoms with Gasteiger partial charge in [0.1, 0.15) is 17.4 Å². The molecule has 0 aliphatic carbocycles. The van der Waals surface area contributed by atoms with E-state index in [0.29, 0.717) is 23.5 Å². The molecule has 0 fully saturated rings. The third-order valence-corrected chi connectivity index (χ3v) is 4.38. The first-order valence-electron chi connectivity index (χ1n) is 9.17. The lowest BCUT2D eigenvalue weighted by atomic mass is 10.1. The van der Waals surface area contributed by atoms with Crippen molar-refractivity contribution in [1.82, 2.24) is 20.0 Å². The maximum Gasteiger partial charge on any atom is 0.326 e. The van der Waals surface area contributed by atoms with E-state index in [1.165, 1.54) is 0 Å². The lowest BCUT2D eigenvalue weighted by molar-refractivity contribution is -0.143. The van der Waals surface area contributed by atoms with E-state index in [1.807, 2.05) is 19.1 Å². The van der Waals surface area contributed by atoms with Gasteiger partial charge in [0.25, 0.3) is 5.91 Å². The number of aromatic nitrogens is 2. The maximum atomic E-state index is 12.5. The summed E-state index contributed by atoms with van der Waals surface area (Å²) in [6.07, 6.45) is 1.51. The van der Waals surface area contributed by atoms with Crippen molar-refractivity contribution in [2.24, 2.45) is 0 Å². The van der Waals surface area contributed by atoms with Crippen LogP contribution in [-0.4, -0.2) is 55.9 Å². The molecule has 4 N–H and O–H groups in total. The highest BCUT2D eigenvalue weighted by molar-refractivity contribution is 5.94. The zero-order valence-electron chi connectivity index (χ0n) is 16.3. The van der Waals surface area contributed by atoms with Crippen LogP contribution in [0.25, 0.3) is 5.65 Å². The highest BCUT2D eigenvalue weighted by atomic mass is 16.4. The van der Waals surface area contributed by atoms with Gasteiger partial charge in [-0.05, 0) is 38.3 Å². The summed E-state index contributed by atoms with van der Waals surface area (Å²) in [5, 5.41) is 22.7. The van der Waals surface area contributed by atoms with Crippen molar-refractivity contribution >= 4 is 29.4 Å². The molecule has 2 aromatic rings. The van der Waals surface area contributed by atoms with Crippen LogP contribution in [-0.2, 0) is 14.4 Å². The number of amides is 2. The van der Waals surface area contributed by atoms with Crippen molar-refractivity contribution < 1.29 is 29.4 Å². The summed E-state index contributed by atoms with van der Waals surface area (Å²) in [6.45, 7) is 3.87. The minimum atomic E-state index is -1.29. The fourth-order valence-corrected chi connectivity index (χ4v) is 2.92. The molecular weight excluding hydrogens is 380 g/mol. The minimum Gasteiger partial charge on any atom is -0.481 e. The summed E-state index contributed by atoms with van der Waals surface area (Å²) in [7, 11) is 0. The smallest absolute Gasteiger partial charge is 0.326 e. The molecule has 10 heteroatoms. The van der Waals surface area contributed by atoms with Gasteiger partial charge >= 0.3 is 11.9 Å². The van der Waals surface area contributed by atoms with E-state index in [2.05, 4.69) is 15.6 Å². The van der Waals surface area contributed by atoms with E-state index >= 15 is 0 Å². The number of carboxylic acid groups (broad SMARTS) is 2. The van der Waals surface area contributed by atoms with Gasteiger partial charge in [0.15, 0.2) is 0 Å². The summed E-state index contributed by atoms with van der Waals surface area (Å²) < 4.78 is 1.71. The van der Waals surface area contributed by atoms with Crippen LogP contribution in [0.15, 0.2) is 18.3 Å². The molecule has 0 bridgehead atoms. The van der Waals surface area contributed by atoms with Crippen molar-refractivity contribution in [2.75, 3.05) is 6.54 Å². The lowest BCUT2D eigenvalue weighted by Crippen LogP contribution is -2.41. The minimum absolute atomic E-state index is 0.00236. The van der Waals surface area contributed by atoms with Gasteiger partial charge in [0.2, 0.25) is 5.91 Å². The molecule has 1 unspecified atom stereocenters. The second-order valence-corrected chi connectivity index (χ2v) is 6.68. The molecule has 1 atom stereocenters. The second kappa shape index (κ2) is 9.67. The molecule has 156 valence electrons. The number of carbonyl (C=O) groups is 4. The molecule has 0 aromatic carbocycles. The molecular formula is C19H24N4O6. The fourth-order valence-electron chi connectivity index (χ4n) is 2.92. The summed E-state index contributed by atoms with van der Waals surface area (Å²) in [6, 6.07) is 2.48. The van der Waals surface area contributed by atoms with Gasteiger partial charge in [-0.3, -0.25) is 18.8 Å². The van der Waals surface area contributed by atoms with Crippen LogP contribution in [0, 0.1) is 13.8 Å². The number of carbonyl (C=O) groups excluding carboxylic acids is 2. The normalized spacial score (nSPS) is 11.8. The van der Waals surface area contributed by atoms with Crippen molar-refractivity contribution in [3.05, 3.63) is 35.3 Å². The van der Waals surface area contributed by atoms with Gasteiger partial charge < -0.3 is 20.8 Å². The monoisotopic (exact) mass is 404 g/mol. The molecule has 0 saturated carbocycles. The predicted octanol–water partition coefficient (Wildman–Crippen LogP) is 0.895. The Morgan fingerprint density at radius 3 is 2.55 bits per heavy atom. The van der Waals surface area contributed by atoms with E-state index in [0.717, 1.165) is 5.56 Å². The molecule has 10 nitrogen and oxygen atoms in total. The van der Waals surface area contributed by atoms with Gasteiger partial charge in [-0.25, -0.2) is 9.78 Å². The Bertz CT molecular complexity index is 936. The van der Waals surface area contributed by atoms with Gasteiger partial charge in [-0.2, -0.15) is 0 Å². The predicted molar refractivity (Wildman–Crippen MR) is 103 cm³/mol. The Morgan fingerprint density at radius 2 is 1.90 bits per heavy atom. The first-order chi connectivity index (χ1) is 13.7. The Kier molecular flexibility index (Phi) is 7.29. The third-order valence-electron chi connectivity index (χ3n) is 4.38. The summed E-state index contributed by atoms with van der Waals surface area (Å²) in [5.41, 5.74) is 2.67. The number of hydrogen-bond acceptors (Lipinski definition) is 5. The molecule has 0 radical (unpaired) electrons. The maximum absolute atomic E-state index is 12.5. The number of aryl methyl sites for hydroxylation is 2. The van der Waals surface area contributed by atoms with Gasteiger partial charge in [0.05, 0.1) is 5.69 Å². The molecule has 2 heterocycles. The van der Waals surface area contributed by atoms with Crippen molar-refractivity contribution in [2.45, 2.75) is 45.6 Å². The Hall–Kier alpha value is -3.43. The van der Waals surface area contributed by atoms with Crippen molar-refractivity contribution in [3.8, 4) is 0 Å². The largest absolute Gasteiger partial charge is 0.481 e. The van der Waals surface area contributed by atoms with Gasteiger partial charge in [-0.1, -0.05) is 6.07 Å². The number of imidazole rings is 1. The van der Waals surface area contributed by atoms with Crippen molar-refractivity contribution in [1.29, 1.82) is 0 Å². The molecule has 0 aliphatic heterocycles. The molecule has 0 aliphatic rings. The Morgan fingerprint density at radius 1 is 1.17 bits per heavy atom. The summed E-state index contributed by atoms with van der Waals surface area (Å²) in [4.78, 5) is 50.5. The first-order valence-corrected chi connectivity index (χ1v) is 9.17. The molecule has 0 spiro atoms. The van der Waals surface area contributed by atoms with Crippen LogP contribution in [0.5, 0.6) is 0 Å². The highest BCUT2D eigenvalue weighted by Gasteiger charge is 2.21. The quantitative estimate of drug-likeness (QED) is 0.430. The van der Waals surface area contributed by atoms with Crippen LogP contribution in [0.2, 0.25) is 0 Å². The first kappa shape index (κ1) is 21.9. The Balaban J connectivity index is 1.84. The average Bonchev–Trinajstić information content (AvgIpc) is 2.99. The van der Waals surface area contributed by atoms with Crippen LogP contribution in [0.4, 0.5) is 0 Å². The van der Waals surface area contributed by atoms with Crippen LogP contribution >= 0.6 is 0 Å². The van der Waals surface area contributed by atoms with E-state index in [4.69, 9.17) is 10.2 Å². The topological polar surface area (TPSA) is 150 Å². The highest BCUT2D eigenvalue weighted by Crippen LogP contribution is 2.15. The molecule has 2 amide bonds. The van der Waals surface area contributed by atoms with Gasteiger partial charge in [-0.15, -0.1) is 0 Å². The van der Waals surface area contributed by atoms with E-state index in [1.54, 1.807) is 17.5 Å². The summed E-state index contributed by atoms with van der Waals surface area (Å²) in [5.74, 6) is -3.25. The van der Waals surface area contributed by atoms with E-state index in [9.17, 15) is 19.2 Å². The standard InChI is InChI=1S/C19H24N4O6/c1-11-5-4-10-23-16(12(2)21-17(11)23)18(27)20-9-3-6-14(24)22-13(19(28)29)7-8-15(25)26/h4-5,10,13H,3,6-9H2,1-2H3,(H,20,27)(H,22,24)(H,25,26)(H,28,29). The van der Waals surface area contributed by atoms with E-state index < -0.39 is 23.9 Å². The number of carboxylic acids is 2. The number of aliphatic carboxylic acids is 2. The van der Waals surface area contributed by atoms with Gasteiger partial charge in [0, 0.05) is 25.6 Å². The molecule has 2 aromatic heterocycles. The van der Waals surface area contributed by atoms with Crippen LogP contribution in [0.1, 0.15) is 47.4 Å². The Labute approximate surface area is 166 Å². The summed E-state index contributed by atoms with van der Waals surface area (Å²) >= 11 is 0. The number of pyridine rings is 1. The molecule has 0 saturated heterocycles. The fraction of sp³-hybridized carbons (Fsp3) is 0.421. The van der Waals surface area contributed by atoms with Crippen LogP contribution in [0.3, 0.4) is 0 Å². The van der Waals surface area contributed by atoms with E-state index in [-0.39, 0.29) is 31.7 Å². The molecule has 29 heavy (non-hydrogen) atoms. The number of fused-ring (bicyclic) bond motifs is 1. The van der Waals surface area contributed by atoms with Crippen LogP contribution < -0.4 is 10.6 Å². The SMILES string of the molecule is Cc1nc2c(C)cccn2c1C(=O)NCCCC(=O)NC(CCC(=O)O)C(=O)O. The third kappa shape index (κ3) is 5.77. The number of nitrogens with zero attached hydrogens (tertiary/aromatic N) is 2. The zero-order valence-corrected chi connectivity index (χ0v) is 16.3. The zero-order chi connectivity index (χ0) is 21.6. The molecule has 2 rings (SSSR count). The number of nitrogens with one attached hydrogen (secondary N) is 2. The number of hydrogen-bond donors (Lipinski definition) is 4. The lowest BCUT2D eigenvalue weighted by Gasteiger charge is -2.13. The average molecular weight is 404 g/mol.